The van der Waals surface area contributed by atoms with Crippen molar-refractivity contribution >= 4 is 0 Å². The summed E-state index contributed by atoms with van der Waals surface area (Å²) in [5.41, 5.74) is -0.515. The molecule has 1 fully saturated rings. The van der Waals surface area contributed by atoms with Gasteiger partial charge in [-0.1, -0.05) is 27.2 Å². The van der Waals surface area contributed by atoms with Crippen molar-refractivity contribution in [3.8, 4) is 5.88 Å². The van der Waals surface area contributed by atoms with Gasteiger partial charge in [0.15, 0.2) is 0 Å². The van der Waals surface area contributed by atoms with Gasteiger partial charge in [-0.3, -0.25) is 14.3 Å². The number of hydrogen-bond donors (Lipinski definition) is 2. The summed E-state index contributed by atoms with van der Waals surface area (Å²) in [5, 5.41) is 10.2. The van der Waals surface area contributed by atoms with Crippen LogP contribution in [0, 0.1) is 5.41 Å². The second kappa shape index (κ2) is 4.87. The van der Waals surface area contributed by atoms with E-state index in [0.29, 0.717) is 12.0 Å². The molecule has 19 heavy (non-hydrogen) atoms. The van der Waals surface area contributed by atoms with Crippen LogP contribution in [-0.2, 0) is 6.42 Å². The summed E-state index contributed by atoms with van der Waals surface area (Å²) >= 11 is 0. The van der Waals surface area contributed by atoms with Crippen LogP contribution in [0.15, 0.2) is 9.59 Å². The third-order valence-electron chi connectivity index (χ3n) is 4.11. The molecule has 0 amide bonds. The van der Waals surface area contributed by atoms with Crippen molar-refractivity contribution in [3.63, 3.8) is 0 Å². The Morgan fingerprint density at radius 2 is 2.11 bits per heavy atom. The minimum absolute atomic E-state index is 0.0293. The quantitative estimate of drug-likeness (QED) is 0.859. The molecule has 1 unspecified atom stereocenters. The molecule has 0 saturated heterocycles. The van der Waals surface area contributed by atoms with E-state index >= 15 is 0 Å². The Kier molecular flexibility index (Phi) is 3.56. The molecule has 2 N–H and O–H groups in total. The Morgan fingerprint density at radius 1 is 1.42 bits per heavy atom. The normalized spacial score (nSPS) is 22.4. The number of H-pyrrole nitrogens is 1. The van der Waals surface area contributed by atoms with E-state index in [1.165, 1.54) is 4.57 Å². The summed E-state index contributed by atoms with van der Waals surface area (Å²) in [7, 11) is 0. The van der Waals surface area contributed by atoms with Crippen molar-refractivity contribution in [1.29, 1.82) is 0 Å². The fourth-order valence-corrected chi connectivity index (χ4v) is 3.11. The van der Waals surface area contributed by atoms with E-state index in [9.17, 15) is 14.7 Å². The zero-order valence-electron chi connectivity index (χ0n) is 11.8. The van der Waals surface area contributed by atoms with E-state index in [4.69, 9.17) is 0 Å². The first-order valence-electron chi connectivity index (χ1n) is 6.92. The van der Waals surface area contributed by atoms with Crippen LogP contribution in [-0.4, -0.2) is 14.7 Å². The molecule has 0 aromatic carbocycles. The maximum absolute atomic E-state index is 12.0. The van der Waals surface area contributed by atoms with Gasteiger partial charge in [0.1, 0.15) is 0 Å². The lowest BCUT2D eigenvalue weighted by Crippen LogP contribution is -2.37. The number of nitrogens with one attached hydrogen (secondary N) is 1. The van der Waals surface area contributed by atoms with Crippen molar-refractivity contribution in [3.05, 3.63) is 26.4 Å². The van der Waals surface area contributed by atoms with Crippen molar-refractivity contribution in [2.45, 2.75) is 58.9 Å². The minimum Gasteiger partial charge on any atom is -0.494 e. The van der Waals surface area contributed by atoms with Gasteiger partial charge in [0.25, 0.3) is 5.56 Å². The summed E-state index contributed by atoms with van der Waals surface area (Å²) < 4.78 is 1.38. The fourth-order valence-electron chi connectivity index (χ4n) is 3.11. The summed E-state index contributed by atoms with van der Waals surface area (Å²) in [4.78, 5) is 25.9. The molecular weight excluding hydrogens is 244 g/mol. The molecule has 1 atom stereocenters. The average molecular weight is 266 g/mol. The van der Waals surface area contributed by atoms with Gasteiger partial charge in [-0.2, -0.15) is 0 Å². The summed E-state index contributed by atoms with van der Waals surface area (Å²) in [5.74, 6) is -0.154. The average Bonchev–Trinajstić information content (AvgIpc) is 2.27. The van der Waals surface area contributed by atoms with Crippen LogP contribution in [0.4, 0.5) is 0 Å². The van der Waals surface area contributed by atoms with Gasteiger partial charge in [-0.05, 0) is 31.1 Å². The lowest BCUT2D eigenvalue weighted by atomic mass is 9.75. The Balaban J connectivity index is 2.51. The van der Waals surface area contributed by atoms with Crippen molar-refractivity contribution < 1.29 is 5.11 Å². The standard InChI is InChI=1S/C14H22N2O3/c1-4-10-11(17)15-13(19)16(12(10)18)9-6-5-7-14(2,3)8-9/h9,18H,4-8H2,1-3H3,(H,15,17,19). The molecule has 1 saturated carbocycles. The van der Waals surface area contributed by atoms with Crippen molar-refractivity contribution in [2.24, 2.45) is 5.41 Å². The van der Waals surface area contributed by atoms with E-state index < -0.39 is 11.2 Å². The lowest BCUT2D eigenvalue weighted by Gasteiger charge is -2.36. The van der Waals surface area contributed by atoms with Gasteiger partial charge in [0.05, 0.1) is 5.56 Å². The maximum atomic E-state index is 12.0. The SMILES string of the molecule is CCc1c(O)n(C2CCCC(C)(C)C2)c(=O)[nH]c1=O. The van der Waals surface area contributed by atoms with E-state index in [1.54, 1.807) is 6.92 Å². The van der Waals surface area contributed by atoms with Gasteiger partial charge in [-0.25, -0.2) is 4.79 Å². The molecule has 0 aliphatic heterocycles. The first-order valence-corrected chi connectivity index (χ1v) is 6.92. The van der Waals surface area contributed by atoms with Crippen LogP contribution in [0.25, 0.3) is 0 Å². The Labute approximate surface area is 112 Å². The molecule has 1 aliphatic rings. The molecule has 1 aromatic heterocycles. The second-order valence-corrected chi connectivity index (χ2v) is 6.20. The molecular formula is C14H22N2O3. The Hall–Kier alpha value is -1.52. The topological polar surface area (TPSA) is 75.1 Å². The first kappa shape index (κ1) is 13.9. The molecule has 5 nitrogen and oxygen atoms in total. The van der Waals surface area contributed by atoms with Crippen LogP contribution in [0.5, 0.6) is 5.88 Å². The number of nitrogens with zero attached hydrogens (tertiary/aromatic N) is 1. The van der Waals surface area contributed by atoms with E-state index in [0.717, 1.165) is 25.7 Å². The number of aromatic nitrogens is 2. The van der Waals surface area contributed by atoms with Crippen LogP contribution < -0.4 is 11.2 Å². The number of aromatic amines is 1. The Bertz CT molecular complexity index is 583. The molecule has 5 heteroatoms. The molecule has 2 rings (SSSR count). The number of rotatable bonds is 2. The van der Waals surface area contributed by atoms with Gasteiger partial charge in [-0.15, -0.1) is 0 Å². The predicted octanol–water partition coefficient (Wildman–Crippen LogP) is 1.95. The summed E-state index contributed by atoms with van der Waals surface area (Å²) in [6.45, 7) is 6.14. The van der Waals surface area contributed by atoms with E-state index in [-0.39, 0.29) is 17.3 Å². The van der Waals surface area contributed by atoms with E-state index in [2.05, 4.69) is 18.8 Å². The van der Waals surface area contributed by atoms with Gasteiger partial charge in [0.2, 0.25) is 5.88 Å². The second-order valence-electron chi connectivity index (χ2n) is 6.20. The first-order chi connectivity index (χ1) is 8.85. The summed E-state index contributed by atoms with van der Waals surface area (Å²) in [6.07, 6.45) is 4.28. The lowest BCUT2D eigenvalue weighted by molar-refractivity contribution is 0.170. The third kappa shape index (κ3) is 2.60. The highest BCUT2D eigenvalue weighted by atomic mass is 16.3. The number of hydrogen-bond acceptors (Lipinski definition) is 3. The fraction of sp³-hybridized carbons (Fsp3) is 0.714. The van der Waals surface area contributed by atoms with Crippen molar-refractivity contribution in [1.82, 2.24) is 9.55 Å². The monoisotopic (exact) mass is 266 g/mol. The Morgan fingerprint density at radius 3 is 2.68 bits per heavy atom. The van der Waals surface area contributed by atoms with Gasteiger partial charge < -0.3 is 5.11 Å². The predicted molar refractivity (Wildman–Crippen MR) is 73.7 cm³/mol. The molecule has 106 valence electrons. The van der Waals surface area contributed by atoms with Crippen LogP contribution in [0.2, 0.25) is 0 Å². The third-order valence-corrected chi connectivity index (χ3v) is 4.11. The zero-order valence-corrected chi connectivity index (χ0v) is 11.8. The molecule has 1 heterocycles. The van der Waals surface area contributed by atoms with Crippen LogP contribution in [0.1, 0.15) is 58.1 Å². The van der Waals surface area contributed by atoms with Crippen LogP contribution in [0.3, 0.4) is 0 Å². The highest BCUT2D eigenvalue weighted by molar-refractivity contribution is 5.23. The largest absolute Gasteiger partial charge is 0.494 e. The summed E-state index contributed by atoms with van der Waals surface area (Å²) in [6, 6.07) is -0.0293. The molecule has 1 aromatic rings. The molecule has 0 radical (unpaired) electrons. The number of aromatic hydroxyl groups is 1. The van der Waals surface area contributed by atoms with E-state index in [1.807, 2.05) is 0 Å². The minimum atomic E-state index is -0.498. The maximum Gasteiger partial charge on any atom is 0.331 e. The highest BCUT2D eigenvalue weighted by Gasteiger charge is 2.31. The van der Waals surface area contributed by atoms with Crippen molar-refractivity contribution in [2.75, 3.05) is 0 Å². The van der Waals surface area contributed by atoms with Crippen LogP contribution >= 0.6 is 0 Å². The molecule has 0 bridgehead atoms. The molecule has 0 spiro atoms. The zero-order chi connectivity index (χ0) is 14.2. The highest BCUT2D eigenvalue weighted by Crippen LogP contribution is 2.41. The smallest absolute Gasteiger partial charge is 0.331 e. The van der Waals surface area contributed by atoms with Gasteiger partial charge >= 0.3 is 5.69 Å². The van der Waals surface area contributed by atoms with Gasteiger partial charge in [0, 0.05) is 6.04 Å². The molecule has 1 aliphatic carbocycles.